The maximum Gasteiger partial charge on any atom is 0.409 e. The Kier molecular flexibility index (Phi) is 45.5. The number of unbranched alkanes of at least 4 members (excludes halogenated alkanes) is 22. The first kappa shape index (κ1) is 58.3. The van der Waals surface area contributed by atoms with Crippen LogP contribution in [0.1, 0.15) is 207 Å². The van der Waals surface area contributed by atoms with Crippen molar-refractivity contribution in [1.82, 2.24) is 14.7 Å². The Balaban J connectivity index is 4.67. The molecule has 60 heavy (non-hydrogen) atoms. The predicted octanol–water partition coefficient (Wildman–Crippen LogP) is 11.6. The van der Waals surface area contributed by atoms with Crippen LogP contribution in [0.5, 0.6) is 0 Å². The van der Waals surface area contributed by atoms with Crippen LogP contribution in [0.2, 0.25) is 0 Å². The zero-order valence-corrected chi connectivity index (χ0v) is 40.0. The Morgan fingerprint density at radius 2 is 0.717 bits per heavy atom. The van der Waals surface area contributed by atoms with Crippen molar-refractivity contribution in [2.45, 2.75) is 214 Å². The lowest BCUT2D eigenvalue weighted by Gasteiger charge is -2.23. The van der Waals surface area contributed by atoms with Gasteiger partial charge in [0.2, 0.25) is 0 Å². The van der Waals surface area contributed by atoms with E-state index in [0.717, 1.165) is 123 Å². The molecule has 0 fully saturated rings. The lowest BCUT2D eigenvalue weighted by Crippen LogP contribution is -2.33. The molecule has 0 unspecified atom stereocenters. The molecule has 0 aromatic heterocycles. The number of hydrogen-bond donors (Lipinski definition) is 2. The van der Waals surface area contributed by atoms with Gasteiger partial charge in [0.25, 0.3) is 0 Å². The van der Waals surface area contributed by atoms with Crippen molar-refractivity contribution in [3.8, 4) is 0 Å². The SMILES string of the molecule is CCCCCCCCN(CCCCCC)C(=O)OCCCCCCN(CCCCCCOC(=O)N(CCCCCC)CCCCCCCC)CCOCCOC(CO)CO. The summed E-state index contributed by atoms with van der Waals surface area (Å²) in [4.78, 5) is 32.3. The van der Waals surface area contributed by atoms with Crippen LogP contribution in [-0.4, -0.2) is 135 Å². The molecule has 0 atom stereocenters. The van der Waals surface area contributed by atoms with Crippen molar-refractivity contribution >= 4 is 12.2 Å². The Bertz CT molecular complexity index is 839. The summed E-state index contributed by atoms with van der Waals surface area (Å²) in [7, 11) is 0. The summed E-state index contributed by atoms with van der Waals surface area (Å²) in [6.07, 6.45) is 31.2. The third kappa shape index (κ3) is 38.0. The maximum absolute atomic E-state index is 13.0. The van der Waals surface area contributed by atoms with E-state index in [2.05, 4.69) is 32.6 Å². The summed E-state index contributed by atoms with van der Waals surface area (Å²) in [5.41, 5.74) is 0. The zero-order chi connectivity index (χ0) is 44.0. The van der Waals surface area contributed by atoms with Gasteiger partial charge in [0, 0.05) is 32.7 Å². The molecule has 0 saturated heterocycles. The van der Waals surface area contributed by atoms with Crippen LogP contribution in [0.25, 0.3) is 0 Å². The largest absolute Gasteiger partial charge is 0.449 e. The third-order valence-corrected chi connectivity index (χ3v) is 11.4. The third-order valence-electron chi connectivity index (χ3n) is 11.4. The van der Waals surface area contributed by atoms with Gasteiger partial charge >= 0.3 is 12.2 Å². The molecule has 0 heterocycles. The van der Waals surface area contributed by atoms with Gasteiger partial charge < -0.3 is 43.9 Å². The van der Waals surface area contributed by atoms with Gasteiger partial charge in [-0.15, -0.1) is 0 Å². The van der Waals surface area contributed by atoms with Gasteiger partial charge in [-0.3, -0.25) is 0 Å². The predicted molar refractivity (Wildman–Crippen MR) is 249 cm³/mol. The molecule has 0 bridgehead atoms. The highest BCUT2D eigenvalue weighted by Gasteiger charge is 2.16. The minimum atomic E-state index is -0.559. The fourth-order valence-electron chi connectivity index (χ4n) is 7.37. The fraction of sp³-hybridized carbons (Fsp3) is 0.959. The second kappa shape index (κ2) is 46.8. The normalized spacial score (nSPS) is 11.5. The topological polar surface area (TPSA) is 121 Å². The molecule has 0 radical (unpaired) electrons. The summed E-state index contributed by atoms with van der Waals surface area (Å²) >= 11 is 0. The van der Waals surface area contributed by atoms with Gasteiger partial charge in [-0.25, -0.2) is 9.59 Å². The molecule has 0 aliphatic heterocycles. The molecule has 0 aromatic carbocycles. The molecular formula is C49H99N3O8. The smallest absolute Gasteiger partial charge is 0.409 e. The monoisotopic (exact) mass is 858 g/mol. The number of carbonyl (C=O) groups is 2. The Labute approximate surface area is 370 Å². The quantitative estimate of drug-likeness (QED) is 0.0576. The van der Waals surface area contributed by atoms with Crippen LogP contribution in [0.15, 0.2) is 0 Å². The second-order valence-corrected chi connectivity index (χ2v) is 17.0. The molecule has 2 N–H and O–H groups in total. The van der Waals surface area contributed by atoms with Crippen LogP contribution in [0.3, 0.4) is 0 Å². The van der Waals surface area contributed by atoms with Crippen molar-refractivity contribution in [3.63, 3.8) is 0 Å². The number of nitrogens with zero attached hydrogens (tertiary/aromatic N) is 3. The molecule has 0 aliphatic carbocycles. The Morgan fingerprint density at radius 1 is 0.383 bits per heavy atom. The maximum atomic E-state index is 13.0. The summed E-state index contributed by atoms with van der Waals surface area (Å²) in [5, 5.41) is 18.4. The minimum absolute atomic E-state index is 0.138. The summed E-state index contributed by atoms with van der Waals surface area (Å²) < 4.78 is 22.8. The number of aliphatic hydroxyl groups is 2. The van der Waals surface area contributed by atoms with Gasteiger partial charge in [-0.2, -0.15) is 0 Å². The van der Waals surface area contributed by atoms with Gasteiger partial charge in [-0.1, -0.05) is 156 Å². The first-order valence-corrected chi connectivity index (χ1v) is 25.4. The molecule has 358 valence electrons. The van der Waals surface area contributed by atoms with Crippen molar-refractivity contribution < 1.29 is 38.7 Å². The summed E-state index contributed by atoms with van der Waals surface area (Å²) in [5.74, 6) is 0. The molecule has 0 spiro atoms. The number of rotatable bonds is 47. The van der Waals surface area contributed by atoms with Crippen molar-refractivity contribution in [1.29, 1.82) is 0 Å². The van der Waals surface area contributed by atoms with Crippen LogP contribution >= 0.6 is 0 Å². The molecule has 0 rings (SSSR count). The van der Waals surface area contributed by atoms with E-state index in [1.165, 1.54) is 103 Å². The van der Waals surface area contributed by atoms with Gasteiger partial charge in [0.1, 0.15) is 6.10 Å². The van der Waals surface area contributed by atoms with Crippen molar-refractivity contribution in [3.05, 3.63) is 0 Å². The van der Waals surface area contributed by atoms with E-state index in [-0.39, 0.29) is 25.4 Å². The van der Waals surface area contributed by atoms with E-state index in [1.807, 2.05) is 9.80 Å². The zero-order valence-electron chi connectivity index (χ0n) is 40.0. The molecule has 0 aromatic rings. The van der Waals surface area contributed by atoms with E-state index in [1.54, 1.807) is 0 Å². The molecule has 2 amide bonds. The summed E-state index contributed by atoms with van der Waals surface area (Å²) in [6, 6.07) is 0. The van der Waals surface area contributed by atoms with Crippen LogP contribution in [-0.2, 0) is 18.9 Å². The van der Waals surface area contributed by atoms with E-state index in [0.29, 0.717) is 33.0 Å². The van der Waals surface area contributed by atoms with E-state index < -0.39 is 6.10 Å². The molecule has 0 saturated carbocycles. The van der Waals surface area contributed by atoms with Gasteiger partial charge in [-0.05, 0) is 64.5 Å². The highest BCUT2D eigenvalue weighted by molar-refractivity contribution is 5.67. The van der Waals surface area contributed by atoms with Crippen molar-refractivity contribution in [2.75, 3.05) is 92.1 Å². The highest BCUT2D eigenvalue weighted by atomic mass is 16.6. The van der Waals surface area contributed by atoms with E-state index >= 15 is 0 Å². The van der Waals surface area contributed by atoms with Crippen LogP contribution < -0.4 is 0 Å². The molecule has 0 aliphatic rings. The first-order valence-electron chi connectivity index (χ1n) is 25.4. The number of amides is 2. The van der Waals surface area contributed by atoms with E-state index in [4.69, 9.17) is 18.9 Å². The average molecular weight is 858 g/mol. The molecular weight excluding hydrogens is 759 g/mol. The lowest BCUT2D eigenvalue weighted by molar-refractivity contribution is -0.0435. The average Bonchev–Trinajstić information content (AvgIpc) is 3.25. The molecule has 11 nitrogen and oxygen atoms in total. The highest BCUT2D eigenvalue weighted by Crippen LogP contribution is 2.12. The number of hydrogen-bond acceptors (Lipinski definition) is 9. The van der Waals surface area contributed by atoms with E-state index in [9.17, 15) is 19.8 Å². The number of carbonyl (C=O) groups excluding carboxylic acids is 2. The minimum Gasteiger partial charge on any atom is -0.449 e. The van der Waals surface area contributed by atoms with Crippen molar-refractivity contribution in [2.24, 2.45) is 0 Å². The van der Waals surface area contributed by atoms with Crippen LogP contribution in [0, 0.1) is 0 Å². The fourth-order valence-corrected chi connectivity index (χ4v) is 7.37. The summed E-state index contributed by atoms with van der Waals surface area (Å²) in [6.45, 7) is 16.9. The second-order valence-electron chi connectivity index (χ2n) is 17.0. The Hall–Kier alpha value is -1.66. The number of ether oxygens (including phenoxy) is 4. The van der Waals surface area contributed by atoms with Crippen LogP contribution in [0.4, 0.5) is 9.59 Å². The first-order chi connectivity index (χ1) is 29.5. The number of aliphatic hydroxyl groups excluding tert-OH is 2. The lowest BCUT2D eigenvalue weighted by atomic mass is 10.1. The van der Waals surface area contributed by atoms with Gasteiger partial charge in [0.05, 0.1) is 46.2 Å². The van der Waals surface area contributed by atoms with Gasteiger partial charge in [0.15, 0.2) is 0 Å². The Morgan fingerprint density at radius 3 is 1.10 bits per heavy atom. The standard InChI is InChI=1S/C49H99N3O8/c1-5-9-13-17-19-29-37-51(35-27-15-11-7-3)48(55)59-40-31-23-21-25-33-50(39-42-57-43-44-58-47(45-53)46-54)34-26-22-24-32-41-60-49(56)52(36-28-16-12-8-4)38-30-20-18-14-10-6-2/h47,53-54H,5-46H2,1-4H3. The molecule has 11 heteroatoms.